The number of H-pyrrole nitrogens is 1. The van der Waals surface area contributed by atoms with Gasteiger partial charge in [-0.05, 0) is 25.0 Å². The van der Waals surface area contributed by atoms with Crippen molar-refractivity contribution < 1.29 is 9.90 Å². The predicted octanol–water partition coefficient (Wildman–Crippen LogP) is 2.13. The molecule has 1 aliphatic rings. The highest BCUT2D eigenvalue weighted by Gasteiger charge is 2.30. The number of aromatic nitrogens is 1. The van der Waals surface area contributed by atoms with E-state index in [1.165, 1.54) is 0 Å². The first-order chi connectivity index (χ1) is 10.1. The van der Waals surface area contributed by atoms with Crippen LogP contribution < -0.4 is 5.73 Å². The molecule has 0 aliphatic heterocycles. The van der Waals surface area contributed by atoms with E-state index in [-0.39, 0.29) is 11.9 Å². The highest BCUT2D eigenvalue weighted by molar-refractivity contribution is 6.00. The number of benzene rings is 1. The topological polar surface area (TPSA) is 82.3 Å². The molecule has 21 heavy (non-hydrogen) atoms. The Kier molecular flexibility index (Phi) is 3.59. The molecule has 0 bridgehead atoms. The number of nitrogens with two attached hydrogens (primary N) is 1. The number of nitrogens with one attached hydrogen (secondary N) is 1. The summed E-state index contributed by atoms with van der Waals surface area (Å²) in [4.78, 5) is 17.4. The first-order valence-electron chi connectivity index (χ1n) is 7.40. The second kappa shape index (κ2) is 5.41. The van der Waals surface area contributed by atoms with Gasteiger partial charge in [0.05, 0.1) is 23.3 Å². The molecule has 2 aromatic rings. The Morgan fingerprint density at radius 3 is 2.86 bits per heavy atom. The van der Waals surface area contributed by atoms with Crippen LogP contribution in [0, 0.1) is 0 Å². The van der Waals surface area contributed by atoms with Crippen LogP contribution in [-0.2, 0) is 0 Å². The number of likely N-dealkylation sites (N-methyl/N-ethyl adjacent to an activating group) is 1. The number of aliphatic hydroxyl groups excluding tert-OH is 1. The normalized spacial score (nSPS) is 22.4. The second-order valence-corrected chi connectivity index (χ2v) is 5.83. The fourth-order valence-corrected chi connectivity index (χ4v) is 3.18. The maximum atomic E-state index is 12.6. The quantitative estimate of drug-likeness (QED) is 0.740. The van der Waals surface area contributed by atoms with Crippen molar-refractivity contribution in [3.63, 3.8) is 0 Å². The second-order valence-electron chi connectivity index (χ2n) is 5.83. The van der Waals surface area contributed by atoms with Crippen LogP contribution in [0.5, 0.6) is 0 Å². The highest BCUT2D eigenvalue weighted by atomic mass is 16.3. The lowest BCUT2D eigenvalue weighted by atomic mass is 9.91. The molecular formula is C16H21N3O2. The largest absolute Gasteiger partial charge is 0.397 e. The van der Waals surface area contributed by atoms with E-state index in [1.807, 2.05) is 24.3 Å². The molecule has 112 valence electrons. The molecule has 1 aromatic carbocycles. The van der Waals surface area contributed by atoms with Gasteiger partial charge in [0.15, 0.2) is 0 Å². The van der Waals surface area contributed by atoms with Crippen LogP contribution in [0.4, 0.5) is 5.69 Å². The van der Waals surface area contributed by atoms with Crippen molar-refractivity contribution in [2.45, 2.75) is 37.8 Å². The molecule has 1 amide bonds. The molecular weight excluding hydrogens is 266 g/mol. The van der Waals surface area contributed by atoms with E-state index in [9.17, 15) is 9.90 Å². The van der Waals surface area contributed by atoms with Gasteiger partial charge in [0.25, 0.3) is 5.91 Å². The number of carbonyl (C=O) groups excluding carboxylic acids is 1. The third-order valence-electron chi connectivity index (χ3n) is 4.43. The Bertz CT molecular complexity index is 665. The molecule has 3 rings (SSSR count). The summed E-state index contributed by atoms with van der Waals surface area (Å²) in [6.07, 6.45) is 3.28. The molecule has 0 spiro atoms. The van der Waals surface area contributed by atoms with Crippen molar-refractivity contribution in [2.24, 2.45) is 0 Å². The zero-order valence-corrected chi connectivity index (χ0v) is 12.2. The molecule has 2 unspecified atom stereocenters. The van der Waals surface area contributed by atoms with Crippen LogP contribution in [0.3, 0.4) is 0 Å². The predicted molar refractivity (Wildman–Crippen MR) is 83.1 cm³/mol. The summed E-state index contributed by atoms with van der Waals surface area (Å²) in [6.45, 7) is 0. The lowest BCUT2D eigenvalue weighted by molar-refractivity contribution is 0.0265. The lowest BCUT2D eigenvalue weighted by Crippen LogP contribution is -2.46. The zero-order chi connectivity index (χ0) is 15.0. The molecule has 1 heterocycles. The van der Waals surface area contributed by atoms with Gasteiger partial charge in [0.1, 0.15) is 5.69 Å². The summed E-state index contributed by atoms with van der Waals surface area (Å²) < 4.78 is 0. The van der Waals surface area contributed by atoms with E-state index in [0.717, 1.165) is 36.6 Å². The summed E-state index contributed by atoms with van der Waals surface area (Å²) in [6, 6.07) is 7.32. The molecule has 2 atom stereocenters. The zero-order valence-electron chi connectivity index (χ0n) is 12.2. The van der Waals surface area contributed by atoms with Gasteiger partial charge >= 0.3 is 0 Å². The van der Waals surface area contributed by atoms with E-state index in [1.54, 1.807) is 11.9 Å². The van der Waals surface area contributed by atoms with Crippen LogP contribution in [0.1, 0.15) is 36.2 Å². The minimum absolute atomic E-state index is 0.100. The van der Waals surface area contributed by atoms with Crippen molar-refractivity contribution in [2.75, 3.05) is 12.8 Å². The molecule has 1 aliphatic carbocycles. The van der Waals surface area contributed by atoms with Crippen molar-refractivity contribution in [1.82, 2.24) is 9.88 Å². The Hall–Kier alpha value is -2.01. The van der Waals surface area contributed by atoms with Gasteiger partial charge in [-0.1, -0.05) is 25.0 Å². The van der Waals surface area contributed by atoms with Crippen LogP contribution >= 0.6 is 0 Å². The first-order valence-corrected chi connectivity index (χ1v) is 7.40. The van der Waals surface area contributed by atoms with Crippen LogP contribution in [0.25, 0.3) is 10.9 Å². The Morgan fingerprint density at radius 1 is 1.38 bits per heavy atom. The minimum atomic E-state index is -0.429. The first kappa shape index (κ1) is 13.9. The molecule has 1 aromatic heterocycles. The molecule has 5 heteroatoms. The highest BCUT2D eigenvalue weighted by Crippen LogP contribution is 2.25. The number of para-hydroxylation sites is 1. The van der Waals surface area contributed by atoms with Crippen molar-refractivity contribution in [1.29, 1.82) is 0 Å². The maximum absolute atomic E-state index is 12.6. The number of fused-ring (bicyclic) bond motifs is 1. The summed E-state index contributed by atoms with van der Waals surface area (Å²) in [5, 5.41) is 11.0. The van der Waals surface area contributed by atoms with Crippen molar-refractivity contribution in [3.05, 3.63) is 30.0 Å². The number of hydrogen-bond donors (Lipinski definition) is 3. The monoisotopic (exact) mass is 287 g/mol. The molecule has 0 saturated heterocycles. The van der Waals surface area contributed by atoms with Gasteiger partial charge in [-0.3, -0.25) is 4.79 Å². The fraction of sp³-hybridized carbons (Fsp3) is 0.438. The average Bonchev–Trinajstić information content (AvgIpc) is 2.92. The smallest absolute Gasteiger partial charge is 0.270 e. The third kappa shape index (κ3) is 2.49. The Balaban J connectivity index is 1.87. The SMILES string of the molecule is CN(C(=O)c1cc2cccc(N)c2[nH]1)C1CCCCC1O. The molecule has 1 fully saturated rings. The van der Waals surface area contributed by atoms with Gasteiger partial charge in [0.2, 0.25) is 0 Å². The summed E-state index contributed by atoms with van der Waals surface area (Å²) in [7, 11) is 1.76. The van der Waals surface area contributed by atoms with Gasteiger partial charge in [-0.25, -0.2) is 0 Å². The van der Waals surface area contributed by atoms with Crippen LogP contribution in [0.2, 0.25) is 0 Å². The number of nitrogen functional groups attached to an aromatic ring is 1. The number of nitrogens with zero attached hydrogens (tertiary/aromatic N) is 1. The number of anilines is 1. The van der Waals surface area contributed by atoms with E-state index < -0.39 is 6.10 Å². The van der Waals surface area contributed by atoms with Gasteiger partial charge in [0, 0.05) is 12.4 Å². The number of hydrogen-bond acceptors (Lipinski definition) is 3. The van der Waals surface area contributed by atoms with Gasteiger partial charge in [-0.15, -0.1) is 0 Å². The number of amides is 1. The molecule has 4 N–H and O–H groups in total. The fourth-order valence-electron chi connectivity index (χ4n) is 3.18. The van der Waals surface area contributed by atoms with Crippen LogP contribution in [0.15, 0.2) is 24.3 Å². The average molecular weight is 287 g/mol. The van der Waals surface area contributed by atoms with Crippen molar-refractivity contribution in [3.8, 4) is 0 Å². The lowest BCUT2D eigenvalue weighted by Gasteiger charge is -2.34. The van der Waals surface area contributed by atoms with Crippen molar-refractivity contribution >= 4 is 22.5 Å². The molecule has 1 saturated carbocycles. The van der Waals surface area contributed by atoms with Gasteiger partial charge < -0.3 is 20.7 Å². The molecule has 0 radical (unpaired) electrons. The Morgan fingerprint density at radius 2 is 2.14 bits per heavy atom. The van der Waals surface area contributed by atoms with Gasteiger partial charge in [-0.2, -0.15) is 0 Å². The summed E-state index contributed by atoms with van der Waals surface area (Å²) in [5.41, 5.74) is 7.85. The minimum Gasteiger partial charge on any atom is -0.397 e. The van der Waals surface area contributed by atoms with E-state index in [4.69, 9.17) is 5.73 Å². The number of aromatic amines is 1. The maximum Gasteiger partial charge on any atom is 0.270 e. The third-order valence-corrected chi connectivity index (χ3v) is 4.43. The van der Waals surface area contributed by atoms with Crippen LogP contribution in [-0.4, -0.2) is 40.1 Å². The van der Waals surface area contributed by atoms with E-state index in [0.29, 0.717) is 11.4 Å². The number of rotatable bonds is 2. The standard InChI is InChI=1S/C16H21N3O2/c1-19(13-7-2-3-8-14(13)20)16(21)12-9-10-5-4-6-11(17)15(10)18-12/h4-6,9,13-14,18,20H,2-3,7-8,17H2,1H3. The molecule has 5 nitrogen and oxygen atoms in total. The van der Waals surface area contributed by atoms with E-state index >= 15 is 0 Å². The number of carbonyl (C=O) groups is 1. The summed E-state index contributed by atoms with van der Waals surface area (Å²) in [5.74, 6) is -0.100. The van der Waals surface area contributed by atoms with E-state index in [2.05, 4.69) is 4.98 Å². The summed E-state index contributed by atoms with van der Waals surface area (Å²) >= 11 is 0. The number of aliphatic hydroxyl groups is 1. The Labute approximate surface area is 123 Å².